The van der Waals surface area contributed by atoms with Gasteiger partial charge in [-0.25, -0.2) is 0 Å². The lowest BCUT2D eigenvalue weighted by atomic mass is 10.1. The molecule has 0 aromatic rings. The van der Waals surface area contributed by atoms with E-state index in [1.807, 2.05) is 0 Å². The van der Waals surface area contributed by atoms with Crippen molar-refractivity contribution in [3.63, 3.8) is 0 Å². The van der Waals surface area contributed by atoms with Gasteiger partial charge in [0.1, 0.15) is 0 Å². The maximum atomic E-state index is 8.41. The van der Waals surface area contributed by atoms with Crippen molar-refractivity contribution < 1.29 is 12.3 Å². The quantitative estimate of drug-likeness (QED) is 0.0449. The summed E-state index contributed by atoms with van der Waals surface area (Å²) in [6.07, 6.45) is 102. The lowest BCUT2D eigenvalue weighted by molar-refractivity contribution is 0.201. The fraction of sp³-hybridized carbons (Fsp3) is 1.00. The van der Waals surface area contributed by atoms with E-state index in [1.165, 1.54) is 499 Å². The first-order valence-corrected chi connectivity index (χ1v) is 50.3. The Kier molecular flexibility index (Phi) is 69.7. The first-order chi connectivity index (χ1) is 44.5. The van der Waals surface area contributed by atoms with Crippen molar-refractivity contribution in [1.82, 2.24) is 0 Å². The summed E-state index contributed by atoms with van der Waals surface area (Å²) < 4.78 is 25.2. The second kappa shape index (κ2) is 70.8. The van der Waals surface area contributed by atoms with Crippen molar-refractivity contribution in [3.05, 3.63) is 0 Å². The smallest absolute Gasteiger partial charge is 0.320 e. The molecule has 1 heterocycles. The first-order valence-electron chi connectivity index (χ1n) is 43.6. The van der Waals surface area contributed by atoms with Gasteiger partial charge in [-0.2, -0.15) is 0 Å². The van der Waals surface area contributed by atoms with E-state index in [0.717, 1.165) is 0 Å². The van der Waals surface area contributed by atoms with Crippen LogP contribution in [0.5, 0.6) is 0 Å². The van der Waals surface area contributed by atoms with Crippen LogP contribution in [0, 0.1) is 0 Å². The lowest BCUT2D eigenvalue weighted by Crippen LogP contribution is -2.70. The minimum Gasteiger partial charge on any atom is -0.415 e. The normalized spacial score (nSPS) is 14.6. The summed E-state index contributed by atoms with van der Waals surface area (Å²) in [5.74, 6) is 0. The van der Waals surface area contributed by atoms with Crippen molar-refractivity contribution in [1.29, 1.82) is 0 Å². The SMILES string of the molecule is CCCCCCCCCCCCCC[Si]1(CCCCCCCCCCCCCC)O[Si](CCCCCCCCCCCCCC)(CCCCCCCCCCCCCC)O[Si](CCCCCCCCCCCCCC)(CCCCCCCCCCCCCC)O1. The van der Waals surface area contributed by atoms with Crippen molar-refractivity contribution in [2.45, 2.75) is 540 Å². The van der Waals surface area contributed by atoms with Crippen LogP contribution in [0.4, 0.5) is 0 Å². The Morgan fingerprint density at radius 3 is 0.278 bits per heavy atom. The molecule has 0 aromatic carbocycles. The van der Waals surface area contributed by atoms with Crippen molar-refractivity contribution >= 4 is 25.7 Å². The standard InChI is InChI=1S/C84H174O3Si3/c1-7-13-19-25-31-37-43-49-55-61-67-73-79-88(80-74-68-62-56-50-44-38-32-26-20-14-8-2)85-89(81-75-69-63-57-51-45-39-33-27-21-15-9-3,82-76-70-64-58-52-46-40-34-28-22-16-10-4)87-90(86-88,83-77-71-65-59-53-47-41-35-29-23-17-11-5)84-78-72-66-60-54-48-42-36-30-24-18-12-6/h7-84H2,1-6H3. The van der Waals surface area contributed by atoms with E-state index in [9.17, 15) is 0 Å². The molecule has 3 nitrogen and oxygen atoms in total. The zero-order valence-electron chi connectivity index (χ0n) is 63.9. The van der Waals surface area contributed by atoms with Crippen LogP contribution in [-0.4, -0.2) is 25.7 Å². The predicted molar refractivity (Wildman–Crippen MR) is 416 cm³/mol. The molecule has 0 radical (unpaired) electrons. The Bertz CT molecular complexity index is 1090. The molecule has 0 saturated carbocycles. The molecule has 1 fully saturated rings. The van der Waals surface area contributed by atoms with Gasteiger partial charge < -0.3 is 12.3 Å². The maximum absolute atomic E-state index is 8.41. The average molecular weight is 1320 g/mol. The van der Waals surface area contributed by atoms with E-state index in [-0.39, 0.29) is 0 Å². The van der Waals surface area contributed by atoms with Crippen LogP contribution >= 0.6 is 0 Å². The van der Waals surface area contributed by atoms with Crippen LogP contribution in [-0.2, 0) is 12.3 Å². The van der Waals surface area contributed by atoms with E-state index in [0.29, 0.717) is 0 Å². The highest BCUT2D eigenvalue weighted by atomic mass is 28.5. The fourth-order valence-electron chi connectivity index (χ4n) is 15.5. The highest BCUT2D eigenvalue weighted by Crippen LogP contribution is 2.46. The number of rotatable bonds is 78. The van der Waals surface area contributed by atoms with Gasteiger partial charge in [0.25, 0.3) is 0 Å². The summed E-state index contributed by atoms with van der Waals surface area (Å²) in [6.45, 7) is 14.1. The summed E-state index contributed by atoms with van der Waals surface area (Å²) in [7, 11) is -7.68. The molecule has 1 saturated heterocycles. The molecule has 540 valence electrons. The molecule has 1 aliphatic heterocycles. The molecular weight excluding hydrogens is 1140 g/mol. The number of hydrogen-bond acceptors (Lipinski definition) is 3. The van der Waals surface area contributed by atoms with Crippen molar-refractivity contribution in [2.75, 3.05) is 0 Å². The van der Waals surface area contributed by atoms with Crippen molar-refractivity contribution in [3.8, 4) is 0 Å². The molecule has 0 aromatic heterocycles. The van der Waals surface area contributed by atoms with Gasteiger partial charge in [-0.15, -0.1) is 0 Å². The Morgan fingerprint density at radius 2 is 0.189 bits per heavy atom. The third-order valence-corrected chi connectivity index (χ3v) is 37.2. The second-order valence-corrected chi connectivity index (χ2v) is 41.8. The van der Waals surface area contributed by atoms with Crippen LogP contribution in [0.3, 0.4) is 0 Å². The molecule has 0 bridgehead atoms. The van der Waals surface area contributed by atoms with E-state index < -0.39 is 25.7 Å². The fourth-order valence-corrected chi connectivity index (χ4v) is 35.6. The minimum atomic E-state index is -2.56. The topological polar surface area (TPSA) is 27.7 Å². The van der Waals surface area contributed by atoms with Gasteiger partial charge in [-0.05, 0) is 36.3 Å². The molecule has 1 rings (SSSR count). The highest BCUT2D eigenvalue weighted by molar-refractivity contribution is 6.94. The molecule has 0 atom stereocenters. The Balaban J connectivity index is 3.59. The largest absolute Gasteiger partial charge is 0.415 e. The summed E-state index contributed by atoms with van der Waals surface area (Å²) >= 11 is 0. The molecule has 0 amide bonds. The third-order valence-electron chi connectivity index (χ3n) is 21.6. The summed E-state index contributed by atoms with van der Waals surface area (Å²) in [5, 5.41) is 0. The van der Waals surface area contributed by atoms with Gasteiger partial charge in [-0.3, -0.25) is 0 Å². The van der Waals surface area contributed by atoms with Crippen LogP contribution in [0.25, 0.3) is 0 Å². The van der Waals surface area contributed by atoms with Gasteiger partial charge in [0.15, 0.2) is 0 Å². The Labute approximate surface area is 574 Å². The summed E-state index contributed by atoms with van der Waals surface area (Å²) in [5.41, 5.74) is 0. The monoisotopic (exact) mass is 1320 g/mol. The van der Waals surface area contributed by atoms with Gasteiger partial charge in [0.2, 0.25) is 0 Å². The van der Waals surface area contributed by atoms with Gasteiger partial charge in [0, 0.05) is 0 Å². The third kappa shape index (κ3) is 57.6. The van der Waals surface area contributed by atoms with Crippen molar-refractivity contribution in [2.24, 2.45) is 0 Å². The van der Waals surface area contributed by atoms with E-state index in [2.05, 4.69) is 41.5 Å². The number of unbranched alkanes of at least 4 members (excludes halogenated alkanes) is 66. The highest BCUT2D eigenvalue weighted by Gasteiger charge is 2.60. The summed E-state index contributed by atoms with van der Waals surface area (Å²) in [4.78, 5) is 0. The van der Waals surface area contributed by atoms with Crippen LogP contribution in [0.15, 0.2) is 0 Å². The van der Waals surface area contributed by atoms with Crippen LogP contribution < -0.4 is 0 Å². The van der Waals surface area contributed by atoms with Gasteiger partial charge >= 0.3 is 25.7 Å². The maximum Gasteiger partial charge on any atom is 0.320 e. The zero-order chi connectivity index (χ0) is 64.8. The van der Waals surface area contributed by atoms with Gasteiger partial charge in [-0.1, -0.05) is 504 Å². The molecular formula is C84H174O3Si3. The van der Waals surface area contributed by atoms with Gasteiger partial charge in [0.05, 0.1) is 0 Å². The zero-order valence-corrected chi connectivity index (χ0v) is 66.9. The molecule has 90 heavy (non-hydrogen) atoms. The van der Waals surface area contributed by atoms with Crippen LogP contribution in [0.1, 0.15) is 504 Å². The molecule has 0 unspecified atom stereocenters. The summed E-state index contributed by atoms with van der Waals surface area (Å²) in [6, 6.07) is 7.60. The minimum absolute atomic E-state index is 1.27. The first kappa shape index (κ1) is 88.5. The van der Waals surface area contributed by atoms with E-state index in [4.69, 9.17) is 12.3 Å². The van der Waals surface area contributed by atoms with Crippen LogP contribution in [0.2, 0.25) is 36.3 Å². The molecule has 0 aliphatic carbocycles. The lowest BCUT2D eigenvalue weighted by Gasteiger charge is -2.54. The second-order valence-electron chi connectivity index (χ2n) is 30.9. The predicted octanol–water partition coefficient (Wildman–Crippen LogP) is 32.6. The molecule has 6 heteroatoms. The molecule has 0 N–H and O–H groups in total. The van der Waals surface area contributed by atoms with E-state index in [1.54, 1.807) is 0 Å². The van der Waals surface area contributed by atoms with E-state index >= 15 is 0 Å². The average Bonchev–Trinajstić information content (AvgIpc) is 0.758. The Hall–Kier alpha value is 0.531. The molecule has 0 spiro atoms. The molecule has 1 aliphatic rings. The number of hydrogen-bond donors (Lipinski definition) is 0. The Morgan fingerprint density at radius 1 is 0.111 bits per heavy atom.